The van der Waals surface area contributed by atoms with E-state index >= 15 is 0 Å². The number of carbonyl (C=O) groups is 1. The molecule has 0 radical (unpaired) electrons. The fraction of sp³-hybridized carbons (Fsp3) is 0.909. The second kappa shape index (κ2) is 4.24. The van der Waals surface area contributed by atoms with Crippen LogP contribution >= 0.6 is 0 Å². The topological polar surface area (TPSA) is 80.7 Å². The van der Waals surface area contributed by atoms with Gasteiger partial charge in [-0.3, -0.25) is 4.79 Å². The molecule has 1 aliphatic heterocycles. The number of rotatable bonds is 4. The lowest BCUT2D eigenvalue weighted by Crippen LogP contribution is -2.43. The molecule has 0 aromatic rings. The van der Waals surface area contributed by atoms with Gasteiger partial charge in [0, 0.05) is 13.2 Å². The quantitative estimate of drug-likeness (QED) is 0.811. The first-order valence-corrected chi connectivity index (χ1v) is 7.56. The summed E-state index contributed by atoms with van der Waals surface area (Å²) in [5.41, 5.74) is 0. The van der Waals surface area contributed by atoms with E-state index in [4.69, 9.17) is 4.74 Å². The fourth-order valence-corrected chi connectivity index (χ4v) is 5.51. The van der Waals surface area contributed by atoms with Gasteiger partial charge in [-0.15, -0.1) is 0 Å². The van der Waals surface area contributed by atoms with Gasteiger partial charge in [0.25, 0.3) is 0 Å². The maximum Gasteiger partial charge on any atom is 0.325 e. The van der Waals surface area contributed by atoms with Gasteiger partial charge in [-0.1, -0.05) is 13.3 Å². The van der Waals surface area contributed by atoms with E-state index < -0.39 is 25.8 Å². The molecule has 2 fully saturated rings. The molecule has 2 atom stereocenters. The monoisotopic (exact) mass is 262 g/mol. The number of carboxylic acids is 1. The Morgan fingerprint density at radius 3 is 2.41 bits per heavy atom. The van der Waals surface area contributed by atoms with Crippen molar-refractivity contribution in [3.63, 3.8) is 0 Å². The first-order valence-electron chi connectivity index (χ1n) is 6.01. The van der Waals surface area contributed by atoms with Crippen molar-refractivity contribution < 1.29 is 23.1 Å². The highest BCUT2D eigenvalue weighted by molar-refractivity contribution is 7.94. The van der Waals surface area contributed by atoms with Gasteiger partial charge in [0.1, 0.15) is 0 Å². The molecule has 1 saturated carbocycles. The molecule has 1 N–H and O–H groups in total. The van der Waals surface area contributed by atoms with Gasteiger partial charge in [0.05, 0.1) is 5.25 Å². The molecule has 0 amide bonds. The molecular weight excluding hydrogens is 244 g/mol. The SMILES string of the molecule is CCC1CC1(C(=O)O)S(=O)(=O)C1CCOCC1. The molecule has 0 spiro atoms. The third-order valence-corrected chi connectivity index (χ3v) is 7.06. The maximum atomic E-state index is 12.4. The van der Waals surface area contributed by atoms with Gasteiger partial charge in [0.2, 0.25) is 0 Å². The van der Waals surface area contributed by atoms with E-state index in [9.17, 15) is 18.3 Å². The second-order valence-electron chi connectivity index (χ2n) is 4.86. The summed E-state index contributed by atoms with van der Waals surface area (Å²) >= 11 is 0. The molecule has 6 heteroatoms. The third-order valence-electron chi connectivity index (χ3n) is 4.02. The van der Waals surface area contributed by atoms with Crippen molar-refractivity contribution in [3.8, 4) is 0 Å². The van der Waals surface area contributed by atoms with Gasteiger partial charge in [-0.2, -0.15) is 0 Å². The van der Waals surface area contributed by atoms with Gasteiger partial charge in [-0.25, -0.2) is 8.42 Å². The zero-order valence-corrected chi connectivity index (χ0v) is 10.7. The van der Waals surface area contributed by atoms with Crippen LogP contribution in [0.1, 0.15) is 32.6 Å². The summed E-state index contributed by atoms with van der Waals surface area (Å²) in [5, 5.41) is 8.72. The minimum absolute atomic E-state index is 0.215. The highest BCUT2D eigenvalue weighted by atomic mass is 32.2. The molecule has 2 unspecified atom stereocenters. The summed E-state index contributed by atoms with van der Waals surface area (Å²) in [6.07, 6.45) is 1.73. The van der Waals surface area contributed by atoms with E-state index in [0.717, 1.165) is 0 Å². The molecule has 1 aliphatic carbocycles. The number of carboxylic acid groups (broad SMARTS) is 1. The Kier molecular flexibility index (Phi) is 3.20. The largest absolute Gasteiger partial charge is 0.480 e. The normalized spacial score (nSPS) is 34.5. The third kappa shape index (κ3) is 1.78. The highest BCUT2D eigenvalue weighted by Gasteiger charge is 2.69. The summed E-state index contributed by atoms with van der Waals surface area (Å²) in [6.45, 7) is 2.67. The van der Waals surface area contributed by atoms with Gasteiger partial charge >= 0.3 is 5.97 Å². The van der Waals surface area contributed by atoms with Crippen LogP contribution in [-0.2, 0) is 19.4 Å². The zero-order valence-electron chi connectivity index (χ0n) is 9.89. The van der Waals surface area contributed by atoms with Crippen molar-refractivity contribution in [2.75, 3.05) is 13.2 Å². The van der Waals surface area contributed by atoms with Crippen molar-refractivity contribution in [2.24, 2.45) is 5.92 Å². The number of hydrogen-bond acceptors (Lipinski definition) is 4. The van der Waals surface area contributed by atoms with E-state index in [1.54, 1.807) is 0 Å². The lowest BCUT2D eigenvalue weighted by atomic mass is 10.2. The Bertz CT molecular complexity index is 410. The Morgan fingerprint density at radius 2 is 2.00 bits per heavy atom. The van der Waals surface area contributed by atoms with Gasteiger partial charge in [-0.05, 0) is 25.2 Å². The van der Waals surface area contributed by atoms with Crippen LogP contribution in [0.4, 0.5) is 0 Å². The average molecular weight is 262 g/mol. The van der Waals surface area contributed by atoms with Crippen molar-refractivity contribution in [3.05, 3.63) is 0 Å². The minimum Gasteiger partial charge on any atom is -0.480 e. The second-order valence-corrected chi connectivity index (χ2v) is 7.35. The van der Waals surface area contributed by atoms with Crippen LogP contribution in [0.25, 0.3) is 0 Å². The molecule has 1 saturated heterocycles. The van der Waals surface area contributed by atoms with Crippen molar-refractivity contribution in [1.29, 1.82) is 0 Å². The van der Waals surface area contributed by atoms with Crippen molar-refractivity contribution >= 4 is 15.8 Å². The standard InChI is InChI=1S/C11H18O5S/c1-2-8-7-11(8,10(12)13)17(14,15)9-3-5-16-6-4-9/h8-9H,2-7H2,1H3,(H,12,13). The predicted octanol–water partition coefficient (Wildman–Crippen LogP) is 0.834. The van der Waals surface area contributed by atoms with Crippen molar-refractivity contribution in [2.45, 2.75) is 42.6 Å². The molecule has 17 heavy (non-hydrogen) atoms. The van der Waals surface area contributed by atoms with Gasteiger partial charge < -0.3 is 9.84 Å². The number of aliphatic carboxylic acids is 1. The van der Waals surface area contributed by atoms with Gasteiger partial charge in [0.15, 0.2) is 14.6 Å². The van der Waals surface area contributed by atoms with E-state index in [1.165, 1.54) is 0 Å². The number of ether oxygens (including phenoxy) is 1. The summed E-state index contributed by atoms with van der Waals surface area (Å²) in [4.78, 5) is 11.3. The van der Waals surface area contributed by atoms with E-state index in [1.807, 2.05) is 6.92 Å². The lowest BCUT2D eigenvalue weighted by molar-refractivity contribution is -0.137. The first kappa shape index (κ1) is 12.8. The summed E-state index contributed by atoms with van der Waals surface area (Å²) in [5.74, 6) is -1.39. The van der Waals surface area contributed by atoms with Crippen LogP contribution in [0.15, 0.2) is 0 Å². The van der Waals surface area contributed by atoms with Crippen LogP contribution < -0.4 is 0 Å². The maximum absolute atomic E-state index is 12.4. The summed E-state index contributed by atoms with van der Waals surface area (Å²) in [7, 11) is -3.59. The Morgan fingerprint density at radius 1 is 1.41 bits per heavy atom. The molecule has 5 nitrogen and oxygen atoms in total. The molecule has 2 aliphatic rings. The number of hydrogen-bond donors (Lipinski definition) is 1. The average Bonchev–Trinajstić information content (AvgIpc) is 3.06. The van der Waals surface area contributed by atoms with Crippen LogP contribution in [0.3, 0.4) is 0 Å². The zero-order chi connectivity index (χ0) is 12.7. The fourth-order valence-electron chi connectivity index (χ4n) is 2.80. The van der Waals surface area contributed by atoms with Crippen LogP contribution in [0.2, 0.25) is 0 Å². The molecule has 0 aromatic heterocycles. The highest BCUT2D eigenvalue weighted by Crippen LogP contribution is 2.54. The Labute approximate surface area is 101 Å². The minimum atomic E-state index is -3.59. The first-order chi connectivity index (χ1) is 7.96. The lowest BCUT2D eigenvalue weighted by Gasteiger charge is -2.25. The van der Waals surface area contributed by atoms with E-state index in [2.05, 4.69) is 0 Å². The van der Waals surface area contributed by atoms with E-state index in [-0.39, 0.29) is 12.3 Å². The molecule has 0 bridgehead atoms. The Balaban J connectivity index is 2.27. The summed E-state index contributed by atoms with van der Waals surface area (Å²) < 4.78 is 28.5. The Hall–Kier alpha value is -0.620. The molecule has 98 valence electrons. The van der Waals surface area contributed by atoms with Crippen molar-refractivity contribution in [1.82, 2.24) is 0 Å². The molecular formula is C11H18O5S. The van der Waals surface area contributed by atoms with Crippen LogP contribution in [0, 0.1) is 5.92 Å². The molecule has 2 rings (SSSR count). The van der Waals surface area contributed by atoms with Crippen LogP contribution in [0.5, 0.6) is 0 Å². The van der Waals surface area contributed by atoms with Crippen LogP contribution in [-0.4, -0.2) is 42.7 Å². The predicted molar refractivity (Wildman–Crippen MR) is 61.5 cm³/mol. The molecule has 0 aromatic carbocycles. The summed E-state index contributed by atoms with van der Waals surface area (Å²) in [6, 6.07) is 0. The van der Waals surface area contributed by atoms with E-state index in [0.29, 0.717) is 32.5 Å². The molecule has 1 heterocycles. The smallest absolute Gasteiger partial charge is 0.325 e. The number of sulfone groups is 1.